The maximum absolute atomic E-state index is 11.6. The molecule has 0 aliphatic carbocycles. The summed E-state index contributed by atoms with van der Waals surface area (Å²) in [7, 11) is 0. The summed E-state index contributed by atoms with van der Waals surface area (Å²) >= 11 is 3.38. The van der Waals surface area contributed by atoms with Crippen LogP contribution < -0.4 is 16.4 Å². The fourth-order valence-electron chi connectivity index (χ4n) is 1.26. The predicted octanol–water partition coefficient (Wildman–Crippen LogP) is 1.16. The van der Waals surface area contributed by atoms with Crippen LogP contribution in [0.3, 0.4) is 0 Å². The third-order valence-corrected chi connectivity index (χ3v) is 3.17. The van der Waals surface area contributed by atoms with Crippen molar-refractivity contribution in [2.75, 3.05) is 11.9 Å². The SMILES string of the molecule is Cc1cc(NC(=O)CNC(=O)[C@@H](C)N)ccc1Br. The van der Waals surface area contributed by atoms with Crippen molar-refractivity contribution in [3.05, 3.63) is 28.2 Å². The summed E-state index contributed by atoms with van der Waals surface area (Å²) in [6.45, 7) is 3.40. The fourth-order valence-corrected chi connectivity index (χ4v) is 1.50. The van der Waals surface area contributed by atoms with Crippen molar-refractivity contribution in [3.8, 4) is 0 Å². The molecule has 1 aromatic rings. The van der Waals surface area contributed by atoms with Gasteiger partial charge in [0.15, 0.2) is 0 Å². The fraction of sp³-hybridized carbons (Fsp3) is 0.333. The molecule has 18 heavy (non-hydrogen) atoms. The predicted molar refractivity (Wildman–Crippen MR) is 74.2 cm³/mol. The average molecular weight is 314 g/mol. The minimum Gasteiger partial charge on any atom is -0.346 e. The Morgan fingerprint density at radius 3 is 2.67 bits per heavy atom. The number of nitrogens with two attached hydrogens (primary N) is 1. The highest BCUT2D eigenvalue weighted by Gasteiger charge is 2.09. The van der Waals surface area contributed by atoms with Crippen LogP contribution in [0.25, 0.3) is 0 Å². The Balaban J connectivity index is 2.49. The molecule has 1 atom stereocenters. The van der Waals surface area contributed by atoms with E-state index in [1.807, 2.05) is 19.1 Å². The van der Waals surface area contributed by atoms with Gasteiger partial charge in [-0.05, 0) is 37.6 Å². The number of benzene rings is 1. The van der Waals surface area contributed by atoms with Crippen LogP contribution in [0.5, 0.6) is 0 Å². The molecule has 0 aromatic heterocycles. The number of carbonyl (C=O) groups excluding carboxylic acids is 2. The van der Waals surface area contributed by atoms with Gasteiger partial charge in [-0.3, -0.25) is 9.59 Å². The second-order valence-corrected chi connectivity index (χ2v) is 4.87. The molecule has 0 saturated carbocycles. The number of hydrogen-bond acceptors (Lipinski definition) is 3. The Morgan fingerprint density at radius 2 is 2.11 bits per heavy atom. The van der Waals surface area contributed by atoms with Crippen molar-refractivity contribution in [2.24, 2.45) is 5.73 Å². The van der Waals surface area contributed by atoms with Crippen molar-refractivity contribution in [1.29, 1.82) is 0 Å². The lowest BCUT2D eigenvalue weighted by Gasteiger charge is -2.09. The normalized spacial score (nSPS) is 11.8. The molecular formula is C12H16BrN3O2. The van der Waals surface area contributed by atoms with Gasteiger partial charge >= 0.3 is 0 Å². The molecule has 1 aromatic carbocycles. The second-order valence-electron chi connectivity index (χ2n) is 4.02. The highest BCUT2D eigenvalue weighted by Crippen LogP contribution is 2.19. The van der Waals surface area contributed by atoms with Crippen LogP contribution in [0.15, 0.2) is 22.7 Å². The largest absolute Gasteiger partial charge is 0.346 e. The van der Waals surface area contributed by atoms with E-state index in [1.165, 1.54) is 0 Å². The maximum Gasteiger partial charge on any atom is 0.243 e. The zero-order valence-electron chi connectivity index (χ0n) is 10.3. The Labute approximate surface area is 114 Å². The summed E-state index contributed by atoms with van der Waals surface area (Å²) in [6.07, 6.45) is 0. The summed E-state index contributed by atoms with van der Waals surface area (Å²) in [5.74, 6) is -0.636. The van der Waals surface area contributed by atoms with Gasteiger partial charge < -0.3 is 16.4 Å². The molecule has 0 aliphatic heterocycles. The molecule has 0 radical (unpaired) electrons. The number of amides is 2. The average Bonchev–Trinajstić information content (AvgIpc) is 2.30. The molecule has 0 bridgehead atoms. The second kappa shape index (κ2) is 6.51. The van der Waals surface area contributed by atoms with Crippen LogP contribution in [0.2, 0.25) is 0 Å². The first-order valence-corrected chi connectivity index (χ1v) is 6.28. The van der Waals surface area contributed by atoms with E-state index >= 15 is 0 Å². The van der Waals surface area contributed by atoms with Gasteiger partial charge in [-0.1, -0.05) is 15.9 Å². The lowest BCUT2D eigenvalue weighted by Crippen LogP contribution is -2.41. The number of aryl methyl sites for hydroxylation is 1. The van der Waals surface area contributed by atoms with Crippen molar-refractivity contribution in [1.82, 2.24) is 5.32 Å². The monoisotopic (exact) mass is 313 g/mol. The van der Waals surface area contributed by atoms with Gasteiger partial charge in [-0.25, -0.2) is 0 Å². The third-order valence-electron chi connectivity index (χ3n) is 2.28. The highest BCUT2D eigenvalue weighted by atomic mass is 79.9. The van der Waals surface area contributed by atoms with Gasteiger partial charge in [-0.15, -0.1) is 0 Å². The van der Waals surface area contributed by atoms with E-state index in [-0.39, 0.29) is 18.4 Å². The Hall–Kier alpha value is -1.40. The molecule has 6 heteroatoms. The first-order valence-electron chi connectivity index (χ1n) is 5.49. The first kappa shape index (κ1) is 14.7. The van der Waals surface area contributed by atoms with Gasteiger partial charge in [0, 0.05) is 10.2 Å². The lowest BCUT2D eigenvalue weighted by atomic mass is 10.2. The molecule has 4 N–H and O–H groups in total. The maximum atomic E-state index is 11.6. The minimum atomic E-state index is -0.618. The zero-order valence-corrected chi connectivity index (χ0v) is 11.9. The molecule has 5 nitrogen and oxygen atoms in total. The van der Waals surface area contributed by atoms with Crippen LogP contribution in [0, 0.1) is 6.92 Å². The van der Waals surface area contributed by atoms with Crippen LogP contribution >= 0.6 is 15.9 Å². The molecule has 0 heterocycles. The highest BCUT2D eigenvalue weighted by molar-refractivity contribution is 9.10. The number of hydrogen-bond donors (Lipinski definition) is 3. The van der Waals surface area contributed by atoms with Crippen molar-refractivity contribution in [2.45, 2.75) is 19.9 Å². The van der Waals surface area contributed by atoms with Crippen LogP contribution in [0.4, 0.5) is 5.69 Å². The van der Waals surface area contributed by atoms with Gasteiger partial charge in [0.25, 0.3) is 0 Å². The Morgan fingerprint density at radius 1 is 1.44 bits per heavy atom. The molecular weight excluding hydrogens is 298 g/mol. The first-order chi connectivity index (χ1) is 8.40. The third kappa shape index (κ3) is 4.46. The van der Waals surface area contributed by atoms with Gasteiger partial charge in [0.1, 0.15) is 0 Å². The van der Waals surface area contributed by atoms with Crippen molar-refractivity contribution in [3.63, 3.8) is 0 Å². The number of nitrogens with one attached hydrogen (secondary N) is 2. The standard InChI is InChI=1S/C12H16BrN3O2/c1-7-5-9(3-4-10(7)13)16-11(17)6-15-12(18)8(2)14/h3-5,8H,6,14H2,1-2H3,(H,15,18)(H,16,17)/t8-/m1/s1. The van der Waals surface area contributed by atoms with Crippen LogP contribution in [-0.2, 0) is 9.59 Å². The summed E-state index contributed by atoms with van der Waals surface area (Å²) < 4.78 is 0.978. The van der Waals surface area contributed by atoms with E-state index in [1.54, 1.807) is 13.0 Å². The summed E-state index contributed by atoms with van der Waals surface area (Å²) in [5.41, 5.74) is 7.07. The van der Waals surface area contributed by atoms with Crippen LogP contribution in [0.1, 0.15) is 12.5 Å². The van der Waals surface area contributed by atoms with E-state index in [0.29, 0.717) is 5.69 Å². The number of rotatable bonds is 4. The lowest BCUT2D eigenvalue weighted by molar-refractivity contribution is -0.124. The molecule has 0 unspecified atom stereocenters. The molecule has 0 fully saturated rings. The molecule has 98 valence electrons. The van der Waals surface area contributed by atoms with E-state index in [4.69, 9.17) is 5.73 Å². The van der Waals surface area contributed by atoms with Gasteiger partial charge in [0.2, 0.25) is 11.8 Å². The van der Waals surface area contributed by atoms with Crippen LogP contribution in [-0.4, -0.2) is 24.4 Å². The summed E-state index contributed by atoms with van der Waals surface area (Å²) in [5, 5.41) is 5.13. The molecule has 1 rings (SSSR count). The topological polar surface area (TPSA) is 84.2 Å². The van der Waals surface area contributed by atoms with Crippen molar-refractivity contribution < 1.29 is 9.59 Å². The molecule has 0 spiro atoms. The Kier molecular flexibility index (Phi) is 5.30. The quantitative estimate of drug-likeness (QED) is 0.780. The van der Waals surface area contributed by atoms with Gasteiger partial charge in [-0.2, -0.15) is 0 Å². The summed E-state index contributed by atoms with van der Waals surface area (Å²) in [4.78, 5) is 22.7. The minimum absolute atomic E-state index is 0.0878. The smallest absolute Gasteiger partial charge is 0.243 e. The number of halogens is 1. The molecule has 0 aliphatic rings. The van der Waals surface area contributed by atoms with Gasteiger partial charge in [0.05, 0.1) is 12.6 Å². The van der Waals surface area contributed by atoms with E-state index in [2.05, 4.69) is 26.6 Å². The Bertz CT molecular complexity index is 461. The number of anilines is 1. The molecule has 2 amide bonds. The number of carbonyl (C=O) groups is 2. The summed E-state index contributed by atoms with van der Waals surface area (Å²) in [6, 6.07) is 4.86. The van der Waals surface area contributed by atoms with E-state index < -0.39 is 6.04 Å². The van der Waals surface area contributed by atoms with E-state index in [9.17, 15) is 9.59 Å². The zero-order chi connectivity index (χ0) is 13.7. The van der Waals surface area contributed by atoms with E-state index in [0.717, 1.165) is 10.0 Å². The molecule has 0 saturated heterocycles. The van der Waals surface area contributed by atoms with Crippen molar-refractivity contribution >= 4 is 33.4 Å².